The van der Waals surface area contributed by atoms with Crippen molar-refractivity contribution in [1.29, 1.82) is 0 Å². The summed E-state index contributed by atoms with van der Waals surface area (Å²) < 4.78 is 0. The van der Waals surface area contributed by atoms with E-state index >= 15 is 0 Å². The maximum absolute atomic E-state index is 13.7. The molecule has 0 saturated carbocycles. The highest BCUT2D eigenvalue weighted by molar-refractivity contribution is 5.97. The van der Waals surface area contributed by atoms with E-state index in [1.54, 1.807) is 12.1 Å². The van der Waals surface area contributed by atoms with Crippen LogP contribution in [-0.4, -0.2) is 99.8 Å². The van der Waals surface area contributed by atoms with Gasteiger partial charge in [0.05, 0.1) is 19.0 Å². The monoisotopic (exact) mass is 675 g/mol. The van der Waals surface area contributed by atoms with Crippen LogP contribution in [0.3, 0.4) is 0 Å². The van der Waals surface area contributed by atoms with Crippen molar-refractivity contribution in [3.8, 4) is 5.75 Å². The number of likely N-dealkylation sites (tertiary alicyclic amines) is 1. The summed E-state index contributed by atoms with van der Waals surface area (Å²) in [4.78, 5) is 90.2. The van der Waals surface area contributed by atoms with E-state index in [2.05, 4.69) is 21.3 Å². The zero-order chi connectivity index (χ0) is 36.1. The topological polar surface area (TPSA) is 263 Å². The number of nitrogens with zero attached hydrogens (tertiary/aromatic N) is 1. The molecule has 10 N–H and O–H groups in total. The average Bonchev–Trinajstić information content (AvgIpc) is 3.49. The van der Waals surface area contributed by atoms with Crippen LogP contribution in [0.4, 0.5) is 0 Å². The van der Waals surface area contributed by atoms with Gasteiger partial charge < -0.3 is 47.8 Å². The third kappa shape index (κ3) is 12.8. The fraction of sp³-hybridized carbons (Fsp3) is 0.594. The van der Waals surface area contributed by atoms with Crippen LogP contribution >= 0.6 is 0 Å². The van der Waals surface area contributed by atoms with E-state index in [4.69, 9.17) is 11.5 Å². The highest BCUT2D eigenvalue weighted by atomic mass is 16.4. The lowest BCUT2D eigenvalue weighted by molar-refractivity contribution is -0.146. The number of nitrogens with one attached hydrogen (secondary N) is 4. The fourth-order valence-corrected chi connectivity index (χ4v) is 5.37. The second-order valence-electron chi connectivity index (χ2n) is 12.9. The van der Waals surface area contributed by atoms with E-state index in [0.717, 1.165) is 4.90 Å². The van der Waals surface area contributed by atoms with Crippen LogP contribution in [0.2, 0.25) is 0 Å². The van der Waals surface area contributed by atoms with Gasteiger partial charge in [0.15, 0.2) is 0 Å². The second kappa shape index (κ2) is 18.6. The molecule has 16 nitrogen and oxygen atoms in total. The SMILES string of the molecule is CC(C)C[C@H](NC(=O)CNC(=O)[C@@H]1CCCN1C(=O)[C@H](CC(=O)O)NC(=O)[C@H](Cc1ccc(O)cc1)NC(=O)[C@@H](N)CC(C)C)C(N)=O. The average molecular weight is 676 g/mol. The number of rotatable bonds is 18. The third-order valence-corrected chi connectivity index (χ3v) is 7.71. The largest absolute Gasteiger partial charge is 0.508 e. The molecule has 0 radical (unpaired) electrons. The van der Waals surface area contributed by atoms with Crippen molar-refractivity contribution < 1.29 is 43.8 Å². The quantitative estimate of drug-likeness (QED) is 0.0929. The van der Waals surface area contributed by atoms with E-state index in [-0.39, 0.29) is 37.0 Å². The minimum atomic E-state index is -1.59. The summed E-state index contributed by atoms with van der Waals surface area (Å²) in [6.07, 6.45) is 0.385. The van der Waals surface area contributed by atoms with Crippen LogP contribution in [-0.2, 0) is 40.0 Å². The Hall–Kier alpha value is -4.73. The van der Waals surface area contributed by atoms with Crippen LogP contribution in [0.25, 0.3) is 0 Å². The molecule has 5 atom stereocenters. The van der Waals surface area contributed by atoms with E-state index < -0.39 is 84.6 Å². The predicted molar refractivity (Wildman–Crippen MR) is 174 cm³/mol. The number of primary amides is 1. The van der Waals surface area contributed by atoms with Crippen molar-refractivity contribution in [3.05, 3.63) is 29.8 Å². The van der Waals surface area contributed by atoms with E-state index in [9.17, 15) is 43.8 Å². The summed E-state index contributed by atoms with van der Waals surface area (Å²) in [6.45, 7) is 7.06. The van der Waals surface area contributed by atoms with Crippen LogP contribution in [0.15, 0.2) is 24.3 Å². The molecule has 1 saturated heterocycles. The van der Waals surface area contributed by atoms with Crippen molar-refractivity contribution >= 4 is 41.4 Å². The Labute approximate surface area is 279 Å². The molecule has 1 heterocycles. The highest BCUT2D eigenvalue weighted by Crippen LogP contribution is 2.20. The van der Waals surface area contributed by atoms with Crippen LogP contribution in [0, 0.1) is 11.8 Å². The number of carboxylic acids is 1. The lowest BCUT2D eigenvalue weighted by Crippen LogP contribution is -2.58. The van der Waals surface area contributed by atoms with Gasteiger partial charge in [0.2, 0.25) is 35.4 Å². The van der Waals surface area contributed by atoms with Gasteiger partial charge in [-0.25, -0.2) is 0 Å². The zero-order valence-electron chi connectivity index (χ0n) is 27.9. The number of carbonyl (C=O) groups is 7. The van der Waals surface area contributed by atoms with Crippen LogP contribution in [0.1, 0.15) is 65.4 Å². The number of phenols is 1. The summed E-state index contributed by atoms with van der Waals surface area (Å²) in [5.41, 5.74) is 11.9. The summed E-state index contributed by atoms with van der Waals surface area (Å²) in [6, 6.07) is 0.121. The fourth-order valence-electron chi connectivity index (χ4n) is 5.37. The number of aliphatic carboxylic acids is 1. The lowest BCUT2D eigenvalue weighted by atomic mass is 10.0. The molecule has 6 amide bonds. The summed E-state index contributed by atoms with van der Waals surface area (Å²) >= 11 is 0. The molecule has 1 aliphatic rings. The number of carbonyl (C=O) groups excluding carboxylic acids is 6. The second-order valence-corrected chi connectivity index (χ2v) is 12.9. The molecule has 0 bridgehead atoms. The number of phenolic OH excluding ortho intramolecular Hbond substituents is 1. The van der Waals surface area contributed by atoms with Crippen molar-refractivity contribution in [2.24, 2.45) is 23.3 Å². The maximum atomic E-state index is 13.7. The van der Waals surface area contributed by atoms with Gasteiger partial charge in [-0.2, -0.15) is 0 Å². The standard InChI is InChI=1S/C32H49N7O9/c1-17(2)12-21(33)29(45)37-23(14-19-7-9-20(40)10-8-19)30(46)38-24(15-27(42)43)32(48)39-11-5-6-25(39)31(47)35-16-26(41)36-22(28(34)44)13-18(3)4/h7-10,17-18,21-25,40H,5-6,11-16,33H2,1-4H3,(H2,34,44)(H,35,47)(H,36,41)(H,37,45)(H,38,46)(H,42,43)/t21-,22-,23-,24-,25-/m0/s1. The lowest BCUT2D eigenvalue weighted by Gasteiger charge is -2.29. The normalized spacial score (nSPS) is 16.8. The maximum Gasteiger partial charge on any atom is 0.305 e. The van der Waals surface area contributed by atoms with Crippen molar-refractivity contribution in [2.45, 2.75) is 96.4 Å². The van der Waals surface area contributed by atoms with Gasteiger partial charge in [0, 0.05) is 13.0 Å². The number of carboxylic acid groups (broad SMARTS) is 1. The summed E-state index contributed by atoms with van der Waals surface area (Å²) in [7, 11) is 0. The Kier molecular flexibility index (Phi) is 15.3. The first kappa shape index (κ1) is 39.4. The first-order chi connectivity index (χ1) is 22.5. The molecule has 1 aromatic carbocycles. The van der Waals surface area contributed by atoms with Crippen molar-refractivity contribution in [1.82, 2.24) is 26.2 Å². The molecule has 0 spiro atoms. The van der Waals surface area contributed by atoms with Gasteiger partial charge >= 0.3 is 5.97 Å². The molecule has 1 fully saturated rings. The predicted octanol–water partition coefficient (Wildman–Crippen LogP) is -1.12. The smallest absolute Gasteiger partial charge is 0.305 e. The van der Waals surface area contributed by atoms with Crippen molar-refractivity contribution in [2.75, 3.05) is 13.1 Å². The van der Waals surface area contributed by atoms with Crippen molar-refractivity contribution in [3.63, 3.8) is 0 Å². The molecule has 48 heavy (non-hydrogen) atoms. The molecule has 0 aromatic heterocycles. The Balaban J connectivity index is 2.19. The number of amides is 6. The Morgan fingerprint density at radius 3 is 2.04 bits per heavy atom. The number of benzene rings is 1. The molecule has 1 aromatic rings. The Bertz CT molecular complexity index is 1320. The van der Waals surface area contributed by atoms with Gasteiger partial charge in [-0.05, 0) is 55.2 Å². The van der Waals surface area contributed by atoms with Gasteiger partial charge in [0.1, 0.15) is 29.9 Å². The molecule has 266 valence electrons. The summed E-state index contributed by atoms with van der Waals surface area (Å²) in [5.74, 6) is -5.60. The van der Waals surface area contributed by atoms with Crippen LogP contribution < -0.4 is 32.7 Å². The van der Waals surface area contributed by atoms with Gasteiger partial charge in [-0.15, -0.1) is 0 Å². The number of hydrogen-bond acceptors (Lipinski definition) is 9. The summed E-state index contributed by atoms with van der Waals surface area (Å²) in [5, 5.41) is 29.2. The number of nitrogens with two attached hydrogens (primary N) is 2. The molecule has 0 unspecified atom stereocenters. The number of aromatic hydroxyl groups is 1. The highest BCUT2D eigenvalue weighted by Gasteiger charge is 2.39. The molecule has 2 rings (SSSR count). The first-order valence-electron chi connectivity index (χ1n) is 16.0. The van der Waals surface area contributed by atoms with E-state index in [1.807, 2.05) is 27.7 Å². The van der Waals surface area contributed by atoms with E-state index in [1.165, 1.54) is 12.1 Å². The van der Waals surface area contributed by atoms with Crippen LogP contribution in [0.5, 0.6) is 5.75 Å². The molecular weight excluding hydrogens is 626 g/mol. The zero-order valence-corrected chi connectivity index (χ0v) is 27.9. The van der Waals surface area contributed by atoms with Gasteiger partial charge in [0.25, 0.3) is 0 Å². The van der Waals surface area contributed by atoms with Gasteiger partial charge in [-0.1, -0.05) is 39.8 Å². The minimum absolute atomic E-state index is 0.0133. The molecule has 1 aliphatic heterocycles. The molecular formula is C32H49N7O9. The minimum Gasteiger partial charge on any atom is -0.508 e. The first-order valence-corrected chi connectivity index (χ1v) is 16.0. The third-order valence-electron chi connectivity index (χ3n) is 7.71. The Morgan fingerprint density at radius 1 is 0.875 bits per heavy atom. The Morgan fingerprint density at radius 2 is 1.48 bits per heavy atom. The van der Waals surface area contributed by atoms with E-state index in [0.29, 0.717) is 24.8 Å². The number of hydrogen-bond donors (Lipinski definition) is 8. The van der Waals surface area contributed by atoms with Gasteiger partial charge in [-0.3, -0.25) is 33.6 Å². The molecule has 0 aliphatic carbocycles. The molecule has 16 heteroatoms.